The van der Waals surface area contributed by atoms with E-state index in [-0.39, 0.29) is 12.4 Å². The molecule has 0 saturated heterocycles. The summed E-state index contributed by atoms with van der Waals surface area (Å²) in [6, 6.07) is 14.9. The summed E-state index contributed by atoms with van der Waals surface area (Å²) in [5, 5.41) is 17.6. The topological polar surface area (TPSA) is 90.2 Å². The number of hydrogen-bond acceptors (Lipinski definition) is 4. The van der Waals surface area contributed by atoms with Gasteiger partial charge in [-0.1, -0.05) is 24.3 Å². The second-order valence-corrected chi connectivity index (χ2v) is 6.25. The van der Waals surface area contributed by atoms with Crippen molar-refractivity contribution in [3.63, 3.8) is 0 Å². The third-order valence-corrected chi connectivity index (χ3v) is 4.11. The summed E-state index contributed by atoms with van der Waals surface area (Å²) in [6.07, 6.45) is 0. The Hall–Kier alpha value is -2.36. The molecule has 108 valence electrons. The summed E-state index contributed by atoms with van der Waals surface area (Å²) in [7, 11) is -3.52. The Morgan fingerprint density at radius 3 is 2.10 bits per heavy atom. The third kappa shape index (κ3) is 4.31. The normalized spacial score (nSPS) is 10.9. The molecule has 0 aromatic heterocycles. The molecule has 2 aromatic rings. The lowest BCUT2D eigenvalue weighted by molar-refractivity contribution is 0.282. The van der Waals surface area contributed by atoms with Gasteiger partial charge in [0.2, 0.25) is 10.0 Å². The van der Waals surface area contributed by atoms with Gasteiger partial charge >= 0.3 is 0 Å². The molecular weight excluding hydrogens is 288 g/mol. The van der Waals surface area contributed by atoms with Crippen molar-refractivity contribution in [1.29, 1.82) is 5.26 Å². The highest BCUT2D eigenvalue weighted by atomic mass is 32.2. The monoisotopic (exact) mass is 302 g/mol. The van der Waals surface area contributed by atoms with E-state index < -0.39 is 10.0 Å². The van der Waals surface area contributed by atoms with Crippen LogP contribution in [0.2, 0.25) is 0 Å². The molecule has 0 spiro atoms. The van der Waals surface area contributed by atoms with Crippen LogP contribution in [0.3, 0.4) is 0 Å². The van der Waals surface area contributed by atoms with Gasteiger partial charge in [0.25, 0.3) is 0 Å². The Balaban J connectivity index is 2.08. The first-order valence-corrected chi connectivity index (χ1v) is 7.87. The summed E-state index contributed by atoms with van der Waals surface area (Å²) in [6.45, 7) is -0.0850. The van der Waals surface area contributed by atoms with Crippen molar-refractivity contribution in [2.45, 2.75) is 12.4 Å². The quantitative estimate of drug-likeness (QED) is 0.883. The second-order valence-electron chi connectivity index (χ2n) is 4.52. The molecular formula is C15H14N2O3S. The van der Waals surface area contributed by atoms with Crippen molar-refractivity contribution in [3.8, 4) is 6.07 Å². The van der Waals surface area contributed by atoms with Crippen molar-refractivity contribution < 1.29 is 13.5 Å². The van der Waals surface area contributed by atoms with Gasteiger partial charge in [-0.2, -0.15) is 5.26 Å². The van der Waals surface area contributed by atoms with Crippen LogP contribution in [0.15, 0.2) is 48.5 Å². The lowest BCUT2D eigenvalue weighted by Gasteiger charge is -2.08. The maximum atomic E-state index is 12.1. The molecule has 2 rings (SSSR count). The Labute approximate surface area is 123 Å². The van der Waals surface area contributed by atoms with Gasteiger partial charge in [-0.15, -0.1) is 0 Å². The van der Waals surface area contributed by atoms with Crippen LogP contribution in [0.4, 0.5) is 5.69 Å². The minimum absolute atomic E-state index is 0.0850. The maximum absolute atomic E-state index is 12.1. The molecule has 0 saturated carbocycles. The minimum atomic E-state index is -3.52. The van der Waals surface area contributed by atoms with Crippen molar-refractivity contribution >= 4 is 15.7 Å². The van der Waals surface area contributed by atoms with Gasteiger partial charge in [0, 0.05) is 5.69 Å². The van der Waals surface area contributed by atoms with Gasteiger partial charge in [0.15, 0.2) is 0 Å². The van der Waals surface area contributed by atoms with E-state index in [4.69, 9.17) is 10.4 Å². The standard InChI is InChI=1S/C15H14N2O3S/c16-9-12-1-3-14(4-2-12)11-21(19,20)17-15-7-5-13(10-18)6-8-15/h1-8,17-18H,10-11H2. The smallest absolute Gasteiger partial charge is 0.236 e. The van der Waals surface area contributed by atoms with Gasteiger partial charge in [0.05, 0.1) is 24.0 Å². The average molecular weight is 302 g/mol. The molecule has 0 amide bonds. The molecule has 2 aromatic carbocycles. The largest absolute Gasteiger partial charge is 0.392 e. The number of nitrogens with zero attached hydrogens (tertiary/aromatic N) is 1. The van der Waals surface area contributed by atoms with E-state index in [0.29, 0.717) is 22.4 Å². The highest BCUT2D eigenvalue weighted by Gasteiger charge is 2.11. The van der Waals surface area contributed by atoms with Crippen molar-refractivity contribution in [3.05, 3.63) is 65.2 Å². The fourth-order valence-corrected chi connectivity index (χ4v) is 2.99. The molecule has 0 bridgehead atoms. The Morgan fingerprint density at radius 2 is 1.57 bits per heavy atom. The predicted molar refractivity (Wildman–Crippen MR) is 79.8 cm³/mol. The number of nitrogens with one attached hydrogen (secondary N) is 1. The minimum Gasteiger partial charge on any atom is -0.392 e. The number of nitriles is 1. The van der Waals surface area contributed by atoms with Crippen LogP contribution in [0, 0.1) is 11.3 Å². The van der Waals surface area contributed by atoms with Crippen LogP contribution in [-0.2, 0) is 22.4 Å². The molecule has 5 nitrogen and oxygen atoms in total. The van der Waals surface area contributed by atoms with Crippen LogP contribution in [0.5, 0.6) is 0 Å². The molecule has 21 heavy (non-hydrogen) atoms. The lowest BCUT2D eigenvalue weighted by atomic mass is 10.2. The SMILES string of the molecule is N#Cc1ccc(CS(=O)(=O)Nc2ccc(CO)cc2)cc1. The number of rotatable bonds is 5. The Kier molecular flexibility index (Phi) is 4.58. The molecule has 0 aliphatic heterocycles. The highest BCUT2D eigenvalue weighted by molar-refractivity contribution is 7.91. The fraction of sp³-hybridized carbons (Fsp3) is 0.133. The van der Waals surface area contributed by atoms with E-state index in [1.807, 2.05) is 6.07 Å². The predicted octanol–water partition coefficient (Wildman–Crippen LogP) is 1.99. The molecule has 0 heterocycles. The Morgan fingerprint density at radius 1 is 1.00 bits per heavy atom. The van der Waals surface area contributed by atoms with E-state index in [0.717, 1.165) is 0 Å². The molecule has 0 aliphatic rings. The molecule has 0 unspecified atom stereocenters. The van der Waals surface area contributed by atoms with Crippen LogP contribution < -0.4 is 4.72 Å². The van der Waals surface area contributed by atoms with Crippen molar-refractivity contribution in [2.75, 3.05) is 4.72 Å². The zero-order valence-corrected chi connectivity index (χ0v) is 12.0. The van der Waals surface area contributed by atoms with Gasteiger partial charge < -0.3 is 5.11 Å². The van der Waals surface area contributed by atoms with Crippen LogP contribution in [0.1, 0.15) is 16.7 Å². The summed E-state index contributed by atoms with van der Waals surface area (Å²) < 4.78 is 26.6. The molecule has 0 fully saturated rings. The molecule has 0 atom stereocenters. The van der Waals surface area contributed by atoms with Gasteiger partial charge in [-0.25, -0.2) is 8.42 Å². The molecule has 0 aliphatic carbocycles. The van der Waals surface area contributed by atoms with Crippen LogP contribution in [0.25, 0.3) is 0 Å². The number of hydrogen-bond donors (Lipinski definition) is 2. The van der Waals surface area contributed by atoms with E-state index in [1.165, 1.54) is 0 Å². The summed E-state index contributed by atoms with van der Waals surface area (Å²) >= 11 is 0. The summed E-state index contributed by atoms with van der Waals surface area (Å²) in [5.74, 6) is -0.166. The van der Waals surface area contributed by atoms with E-state index in [2.05, 4.69) is 4.72 Å². The van der Waals surface area contributed by atoms with Gasteiger partial charge in [-0.3, -0.25) is 4.72 Å². The first-order chi connectivity index (χ1) is 10.0. The van der Waals surface area contributed by atoms with Crippen LogP contribution in [-0.4, -0.2) is 13.5 Å². The first-order valence-electron chi connectivity index (χ1n) is 6.22. The number of anilines is 1. The number of aliphatic hydroxyl groups is 1. The first kappa shape index (κ1) is 15.0. The van der Waals surface area contributed by atoms with E-state index >= 15 is 0 Å². The lowest BCUT2D eigenvalue weighted by Crippen LogP contribution is -2.15. The molecule has 6 heteroatoms. The van der Waals surface area contributed by atoms with Gasteiger partial charge in [0.1, 0.15) is 0 Å². The van der Waals surface area contributed by atoms with Gasteiger partial charge in [-0.05, 0) is 35.4 Å². The summed E-state index contributed by atoms with van der Waals surface area (Å²) in [4.78, 5) is 0. The van der Waals surface area contributed by atoms with Crippen molar-refractivity contribution in [1.82, 2.24) is 0 Å². The average Bonchev–Trinajstić information content (AvgIpc) is 2.48. The summed E-state index contributed by atoms with van der Waals surface area (Å²) in [5.41, 5.74) is 2.25. The number of benzene rings is 2. The maximum Gasteiger partial charge on any atom is 0.236 e. The number of aliphatic hydroxyl groups excluding tert-OH is 1. The zero-order valence-electron chi connectivity index (χ0n) is 11.2. The number of sulfonamides is 1. The highest BCUT2D eigenvalue weighted by Crippen LogP contribution is 2.14. The second kappa shape index (κ2) is 6.39. The van der Waals surface area contributed by atoms with E-state index in [1.54, 1.807) is 48.5 Å². The van der Waals surface area contributed by atoms with E-state index in [9.17, 15) is 8.42 Å². The fourth-order valence-electron chi connectivity index (χ4n) is 1.79. The van der Waals surface area contributed by atoms with Crippen molar-refractivity contribution in [2.24, 2.45) is 0 Å². The Bertz CT molecular complexity index is 745. The molecule has 0 radical (unpaired) electrons. The zero-order chi connectivity index (χ0) is 15.3. The van der Waals surface area contributed by atoms with Crippen LogP contribution >= 0.6 is 0 Å². The molecule has 2 N–H and O–H groups in total. The third-order valence-electron chi connectivity index (χ3n) is 2.85.